The quantitative estimate of drug-likeness (QED) is 0.847. The van der Waals surface area contributed by atoms with Gasteiger partial charge in [0.15, 0.2) is 0 Å². The molecule has 0 heterocycles. The van der Waals surface area contributed by atoms with Crippen LogP contribution in [0.3, 0.4) is 0 Å². The Hall–Kier alpha value is -0.380. The molecule has 2 rings (SSSR count). The average Bonchev–Trinajstić information content (AvgIpc) is 2.65. The van der Waals surface area contributed by atoms with E-state index in [-0.39, 0.29) is 11.6 Å². The van der Waals surface area contributed by atoms with Crippen LogP contribution < -0.4 is 5.73 Å². The first kappa shape index (κ1) is 15.0. The van der Waals surface area contributed by atoms with Crippen LogP contribution in [-0.2, 0) is 11.2 Å². The third-order valence-electron chi connectivity index (χ3n) is 4.38. The Kier molecular flexibility index (Phi) is 5.43. The SMILES string of the molecule is COC1(C(N)Cc2cccc(Br)c2)CCCCCC1. The molecule has 1 aromatic rings. The molecule has 1 saturated carbocycles. The minimum atomic E-state index is -0.126. The zero-order valence-electron chi connectivity index (χ0n) is 11.7. The molecule has 2 nitrogen and oxygen atoms in total. The summed E-state index contributed by atoms with van der Waals surface area (Å²) in [6, 6.07) is 8.49. The average molecular weight is 326 g/mol. The maximum Gasteiger partial charge on any atom is 0.0832 e. The third-order valence-corrected chi connectivity index (χ3v) is 4.87. The molecule has 0 saturated heterocycles. The summed E-state index contributed by atoms with van der Waals surface area (Å²) in [5.41, 5.74) is 7.66. The van der Waals surface area contributed by atoms with Crippen LogP contribution in [0.1, 0.15) is 44.1 Å². The summed E-state index contributed by atoms with van der Waals surface area (Å²) >= 11 is 3.52. The van der Waals surface area contributed by atoms with Crippen molar-refractivity contribution < 1.29 is 4.74 Å². The summed E-state index contributed by atoms with van der Waals surface area (Å²) in [5, 5.41) is 0. The van der Waals surface area contributed by atoms with Crippen LogP contribution in [0, 0.1) is 0 Å². The highest BCUT2D eigenvalue weighted by atomic mass is 79.9. The zero-order chi connectivity index (χ0) is 13.7. The third kappa shape index (κ3) is 3.80. The first-order valence-electron chi connectivity index (χ1n) is 7.21. The summed E-state index contributed by atoms with van der Waals surface area (Å²) in [6.45, 7) is 0. The van der Waals surface area contributed by atoms with Crippen molar-refractivity contribution in [2.75, 3.05) is 7.11 Å². The zero-order valence-corrected chi connectivity index (χ0v) is 13.3. The molecule has 0 aromatic heterocycles. The second-order valence-electron chi connectivity index (χ2n) is 5.62. The highest BCUT2D eigenvalue weighted by molar-refractivity contribution is 9.10. The lowest BCUT2D eigenvalue weighted by molar-refractivity contribution is -0.0430. The van der Waals surface area contributed by atoms with Gasteiger partial charge in [0.1, 0.15) is 0 Å². The van der Waals surface area contributed by atoms with Crippen molar-refractivity contribution in [3.63, 3.8) is 0 Å². The van der Waals surface area contributed by atoms with Crippen LogP contribution in [0.5, 0.6) is 0 Å². The van der Waals surface area contributed by atoms with Crippen molar-refractivity contribution in [2.24, 2.45) is 5.73 Å². The fourth-order valence-corrected chi connectivity index (χ4v) is 3.60. The van der Waals surface area contributed by atoms with E-state index in [0.717, 1.165) is 23.7 Å². The van der Waals surface area contributed by atoms with E-state index < -0.39 is 0 Å². The number of rotatable bonds is 4. The molecule has 0 radical (unpaired) electrons. The second kappa shape index (κ2) is 6.87. The van der Waals surface area contributed by atoms with Gasteiger partial charge in [0, 0.05) is 17.6 Å². The van der Waals surface area contributed by atoms with Gasteiger partial charge in [0.2, 0.25) is 0 Å². The van der Waals surface area contributed by atoms with Gasteiger partial charge in [0.25, 0.3) is 0 Å². The fraction of sp³-hybridized carbons (Fsp3) is 0.625. The van der Waals surface area contributed by atoms with E-state index in [4.69, 9.17) is 10.5 Å². The molecule has 0 spiro atoms. The van der Waals surface area contributed by atoms with Crippen LogP contribution in [0.2, 0.25) is 0 Å². The van der Waals surface area contributed by atoms with Gasteiger partial charge < -0.3 is 10.5 Å². The minimum absolute atomic E-state index is 0.0740. The maximum absolute atomic E-state index is 6.51. The number of hydrogen-bond acceptors (Lipinski definition) is 2. The number of halogens is 1. The topological polar surface area (TPSA) is 35.2 Å². The highest BCUT2D eigenvalue weighted by Crippen LogP contribution is 2.33. The Labute approximate surface area is 124 Å². The molecule has 0 amide bonds. The second-order valence-corrected chi connectivity index (χ2v) is 6.54. The molecule has 1 aliphatic rings. The first-order valence-corrected chi connectivity index (χ1v) is 8.01. The Balaban J connectivity index is 2.09. The molecular weight excluding hydrogens is 302 g/mol. The summed E-state index contributed by atoms with van der Waals surface area (Å²) in [5.74, 6) is 0. The van der Waals surface area contributed by atoms with Crippen LogP contribution in [0.4, 0.5) is 0 Å². The molecule has 0 bridgehead atoms. The van der Waals surface area contributed by atoms with E-state index in [0.29, 0.717) is 0 Å². The van der Waals surface area contributed by atoms with Gasteiger partial charge >= 0.3 is 0 Å². The van der Waals surface area contributed by atoms with Gasteiger partial charge in [-0.15, -0.1) is 0 Å². The predicted molar refractivity (Wildman–Crippen MR) is 83.3 cm³/mol. The first-order chi connectivity index (χ1) is 9.16. The lowest BCUT2D eigenvalue weighted by atomic mass is 9.83. The number of ether oxygens (including phenoxy) is 1. The predicted octanol–water partition coefficient (Wildman–Crippen LogP) is 4.06. The maximum atomic E-state index is 6.51. The van der Waals surface area contributed by atoms with Crippen LogP contribution in [-0.4, -0.2) is 18.8 Å². The Morgan fingerprint density at radius 3 is 2.53 bits per heavy atom. The normalized spacial score (nSPS) is 20.8. The van der Waals surface area contributed by atoms with Gasteiger partial charge in [-0.25, -0.2) is 0 Å². The summed E-state index contributed by atoms with van der Waals surface area (Å²) in [6.07, 6.45) is 8.17. The van der Waals surface area contributed by atoms with E-state index in [2.05, 4.69) is 34.1 Å². The Morgan fingerprint density at radius 2 is 1.95 bits per heavy atom. The Bertz CT molecular complexity index is 399. The van der Waals surface area contributed by atoms with Crippen molar-refractivity contribution in [2.45, 2.75) is 56.6 Å². The Morgan fingerprint density at radius 1 is 1.26 bits per heavy atom. The van der Waals surface area contributed by atoms with Crippen LogP contribution >= 0.6 is 15.9 Å². The smallest absolute Gasteiger partial charge is 0.0832 e. The molecule has 1 unspecified atom stereocenters. The molecule has 1 atom stereocenters. The molecule has 0 aliphatic heterocycles. The molecular formula is C16H24BrNO. The molecule has 19 heavy (non-hydrogen) atoms. The minimum Gasteiger partial charge on any atom is -0.377 e. The highest BCUT2D eigenvalue weighted by Gasteiger charge is 2.36. The molecule has 3 heteroatoms. The molecule has 1 aromatic carbocycles. The largest absolute Gasteiger partial charge is 0.377 e. The number of hydrogen-bond donors (Lipinski definition) is 1. The number of nitrogens with two attached hydrogens (primary N) is 1. The van der Waals surface area contributed by atoms with E-state index in [1.54, 1.807) is 0 Å². The summed E-state index contributed by atoms with van der Waals surface area (Å²) in [4.78, 5) is 0. The van der Waals surface area contributed by atoms with Gasteiger partial charge in [-0.3, -0.25) is 0 Å². The standard InChI is InChI=1S/C16H24BrNO/c1-19-16(9-4-2-3-5-10-16)15(18)12-13-7-6-8-14(17)11-13/h6-8,11,15H,2-5,9-10,12,18H2,1H3. The van der Waals surface area contributed by atoms with Gasteiger partial charge in [0.05, 0.1) is 5.60 Å². The lowest BCUT2D eigenvalue weighted by Gasteiger charge is -2.37. The van der Waals surface area contributed by atoms with Crippen LogP contribution in [0.15, 0.2) is 28.7 Å². The molecule has 1 aliphatic carbocycles. The van der Waals surface area contributed by atoms with Crippen molar-refractivity contribution in [1.82, 2.24) is 0 Å². The van der Waals surface area contributed by atoms with Crippen molar-refractivity contribution in [3.8, 4) is 0 Å². The van der Waals surface area contributed by atoms with Crippen molar-refractivity contribution in [1.29, 1.82) is 0 Å². The van der Waals surface area contributed by atoms with Gasteiger partial charge in [-0.1, -0.05) is 53.7 Å². The summed E-state index contributed by atoms with van der Waals surface area (Å²) in [7, 11) is 1.83. The summed E-state index contributed by atoms with van der Waals surface area (Å²) < 4.78 is 7.00. The van der Waals surface area contributed by atoms with E-state index in [1.807, 2.05) is 13.2 Å². The van der Waals surface area contributed by atoms with Crippen molar-refractivity contribution in [3.05, 3.63) is 34.3 Å². The van der Waals surface area contributed by atoms with Gasteiger partial charge in [-0.2, -0.15) is 0 Å². The van der Waals surface area contributed by atoms with Crippen LogP contribution in [0.25, 0.3) is 0 Å². The fourth-order valence-electron chi connectivity index (χ4n) is 3.16. The van der Waals surface area contributed by atoms with E-state index >= 15 is 0 Å². The number of benzene rings is 1. The van der Waals surface area contributed by atoms with E-state index in [1.165, 1.54) is 31.2 Å². The molecule has 2 N–H and O–H groups in total. The van der Waals surface area contributed by atoms with E-state index in [9.17, 15) is 0 Å². The molecule has 106 valence electrons. The number of methoxy groups -OCH3 is 1. The monoisotopic (exact) mass is 325 g/mol. The lowest BCUT2D eigenvalue weighted by Crippen LogP contribution is -2.50. The molecule has 1 fully saturated rings. The van der Waals surface area contributed by atoms with Crippen molar-refractivity contribution >= 4 is 15.9 Å². The van der Waals surface area contributed by atoms with Gasteiger partial charge in [-0.05, 0) is 37.0 Å².